The van der Waals surface area contributed by atoms with E-state index in [0.717, 1.165) is 0 Å². The van der Waals surface area contributed by atoms with Crippen LogP contribution in [0.5, 0.6) is 0 Å². The summed E-state index contributed by atoms with van der Waals surface area (Å²) in [4.78, 5) is 0. The summed E-state index contributed by atoms with van der Waals surface area (Å²) in [6.45, 7) is -1.57. The van der Waals surface area contributed by atoms with Crippen molar-refractivity contribution in [2.24, 2.45) is 0 Å². The van der Waals surface area contributed by atoms with Crippen molar-refractivity contribution in [3.05, 3.63) is 12.2 Å². The van der Waals surface area contributed by atoms with Gasteiger partial charge in [0.1, 0.15) is 0 Å². The van der Waals surface area contributed by atoms with Gasteiger partial charge < -0.3 is 0 Å². The van der Waals surface area contributed by atoms with Crippen LogP contribution in [0.15, 0.2) is 12.2 Å². The van der Waals surface area contributed by atoms with Gasteiger partial charge in [-0.3, -0.25) is 4.57 Å². The van der Waals surface area contributed by atoms with Crippen LogP contribution in [0.1, 0.15) is 0 Å². The minimum absolute atomic E-state index is 0.577. The summed E-state index contributed by atoms with van der Waals surface area (Å²) in [5, 5.41) is 5.29. The minimum atomic E-state index is -2.72. The van der Waals surface area contributed by atoms with Crippen LogP contribution in [0.25, 0.3) is 0 Å². The van der Waals surface area contributed by atoms with Crippen LogP contribution in [0.2, 0.25) is 0 Å². The molecule has 0 bridgehead atoms. The molecule has 0 saturated heterocycles. The molecule has 9 heavy (non-hydrogen) atoms. The molecule has 1 heterocycles. The van der Waals surface area contributed by atoms with Crippen molar-refractivity contribution in [2.45, 2.75) is 0 Å². The summed E-state index contributed by atoms with van der Waals surface area (Å²) in [6, 6.07) is 0. The van der Waals surface area contributed by atoms with Gasteiger partial charge in [-0.25, -0.2) is 10.2 Å². The van der Waals surface area contributed by atoms with E-state index < -0.39 is 6.80 Å². The molecule has 0 aromatic heterocycles. The van der Waals surface area contributed by atoms with E-state index in [1.807, 2.05) is 12.2 Å². The molecule has 0 spiro atoms. The number of hydrogen-bond donors (Lipinski definition) is 2. The van der Waals surface area contributed by atoms with Gasteiger partial charge in [0.2, 0.25) is 0 Å². The van der Waals surface area contributed by atoms with Gasteiger partial charge in [-0.15, -0.1) is 0 Å². The van der Waals surface area contributed by atoms with Gasteiger partial charge in [-0.05, 0) is 11.2 Å². The Kier molecular flexibility index (Phi) is 2.30. The van der Waals surface area contributed by atoms with Crippen molar-refractivity contribution >= 4 is 18.0 Å². The average molecular weight is 167 g/mol. The maximum Gasteiger partial charge on any atom is 0.299 e. The average Bonchev–Trinajstić information content (AvgIpc) is 1.92. The summed E-state index contributed by atoms with van der Waals surface area (Å²) in [5.41, 5.74) is 0. The summed E-state index contributed by atoms with van der Waals surface area (Å²) < 4.78 is 11.0. The third-order valence-corrected chi connectivity index (χ3v) is 2.89. The summed E-state index contributed by atoms with van der Waals surface area (Å²) in [6.07, 6.45) is 3.77. The third-order valence-electron chi connectivity index (χ3n) is 0.992. The Morgan fingerprint density at radius 2 is 1.78 bits per heavy atom. The maximum absolute atomic E-state index is 11.0. The smallest absolute Gasteiger partial charge is 0.271 e. The molecule has 0 atom stereocenters. The van der Waals surface area contributed by atoms with E-state index in [1.54, 1.807) is 0 Å². The second-order valence-corrected chi connectivity index (χ2v) is 4.85. The first-order chi connectivity index (χ1) is 4.21. The van der Waals surface area contributed by atoms with Crippen molar-refractivity contribution in [3.8, 4) is 0 Å². The molecule has 52 valence electrons. The Hall–Kier alpha value is 0.180. The van der Waals surface area contributed by atoms with E-state index in [1.165, 1.54) is 0 Å². The van der Waals surface area contributed by atoms with Crippen molar-refractivity contribution in [3.63, 3.8) is 0 Å². The predicted octanol–water partition coefficient (Wildman–Crippen LogP) is 1.08. The zero-order chi connectivity index (χ0) is 6.74. The standard InChI is InChI=1S/C4H8ClN2OP/c5-9(8)6-3-1-2-4-7-9/h1-2H,3-4H2,(H2,6,7,8). The van der Waals surface area contributed by atoms with E-state index >= 15 is 0 Å². The molecule has 0 amide bonds. The first-order valence-corrected chi connectivity index (χ1v) is 5.27. The number of hydrogen-bond acceptors (Lipinski definition) is 1. The van der Waals surface area contributed by atoms with E-state index in [9.17, 15) is 4.57 Å². The Morgan fingerprint density at radius 1 is 1.33 bits per heavy atom. The molecule has 0 aliphatic carbocycles. The van der Waals surface area contributed by atoms with Crippen LogP contribution in [0.4, 0.5) is 0 Å². The maximum atomic E-state index is 11.0. The fraction of sp³-hybridized carbons (Fsp3) is 0.500. The molecule has 0 aromatic carbocycles. The Labute approximate surface area is 58.7 Å². The summed E-state index contributed by atoms with van der Waals surface area (Å²) in [7, 11) is 0. The highest BCUT2D eigenvalue weighted by Gasteiger charge is 2.15. The molecule has 3 nitrogen and oxygen atoms in total. The molecule has 1 aliphatic heterocycles. The van der Waals surface area contributed by atoms with E-state index in [4.69, 9.17) is 11.2 Å². The molecule has 0 unspecified atom stereocenters. The Bertz CT molecular complexity index is 156. The van der Waals surface area contributed by atoms with Crippen LogP contribution in [0, 0.1) is 0 Å². The van der Waals surface area contributed by atoms with Gasteiger partial charge in [-0.1, -0.05) is 12.2 Å². The highest BCUT2D eigenvalue weighted by Crippen LogP contribution is 2.41. The third kappa shape index (κ3) is 2.50. The number of halogens is 1. The largest absolute Gasteiger partial charge is 0.299 e. The lowest BCUT2D eigenvalue weighted by atomic mass is 10.5. The van der Waals surface area contributed by atoms with Crippen LogP contribution < -0.4 is 10.2 Å². The fourth-order valence-corrected chi connectivity index (χ4v) is 1.77. The zero-order valence-corrected chi connectivity index (χ0v) is 6.45. The SMILES string of the molecule is O=P1(Cl)NCC=CCN1. The molecule has 0 fully saturated rings. The van der Waals surface area contributed by atoms with Gasteiger partial charge in [0.25, 0.3) is 6.80 Å². The zero-order valence-electron chi connectivity index (χ0n) is 4.80. The quantitative estimate of drug-likeness (QED) is 0.418. The molecule has 0 saturated carbocycles. The van der Waals surface area contributed by atoms with E-state index in [2.05, 4.69) is 10.2 Å². The second kappa shape index (κ2) is 2.84. The molecule has 5 heteroatoms. The normalized spacial score (nSPS) is 25.4. The first-order valence-electron chi connectivity index (χ1n) is 2.66. The van der Waals surface area contributed by atoms with Crippen molar-refractivity contribution in [1.29, 1.82) is 0 Å². The molecular weight excluding hydrogens is 158 g/mol. The highest BCUT2D eigenvalue weighted by molar-refractivity contribution is 7.86. The van der Waals surface area contributed by atoms with E-state index in [-0.39, 0.29) is 0 Å². The Morgan fingerprint density at radius 3 is 2.22 bits per heavy atom. The molecule has 1 rings (SSSR count). The molecule has 2 N–H and O–H groups in total. The van der Waals surface area contributed by atoms with Gasteiger partial charge in [0.15, 0.2) is 0 Å². The van der Waals surface area contributed by atoms with Crippen LogP contribution >= 0.6 is 18.0 Å². The topological polar surface area (TPSA) is 41.1 Å². The molecule has 0 radical (unpaired) electrons. The summed E-state index contributed by atoms with van der Waals surface area (Å²) in [5.74, 6) is 0. The number of nitrogens with one attached hydrogen (secondary N) is 2. The van der Waals surface area contributed by atoms with Crippen LogP contribution in [-0.2, 0) is 4.57 Å². The Balaban J connectivity index is 2.54. The van der Waals surface area contributed by atoms with E-state index in [0.29, 0.717) is 13.1 Å². The molecule has 1 aliphatic rings. The number of rotatable bonds is 0. The highest BCUT2D eigenvalue weighted by atomic mass is 35.7. The molecule has 0 aromatic rings. The van der Waals surface area contributed by atoms with Crippen LogP contribution in [-0.4, -0.2) is 13.1 Å². The van der Waals surface area contributed by atoms with Gasteiger partial charge in [0.05, 0.1) is 0 Å². The predicted molar refractivity (Wildman–Crippen MR) is 38.6 cm³/mol. The van der Waals surface area contributed by atoms with Gasteiger partial charge in [-0.2, -0.15) is 0 Å². The van der Waals surface area contributed by atoms with Gasteiger partial charge in [0, 0.05) is 13.1 Å². The molecular formula is C4H8ClN2OP. The summed E-state index contributed by atoms with van der Waals surface area (Å²) >= 11 is 5.47. The van der Waals surface area contributed by atoms with Gasteiger partial charge >= 0.3 is 0 Å². The minimum Gasteiger partial charge on any atom is -0.271 e. The fourth-order valence-electron chi connectivity index (χ4n) is 0.563. The van der Waals surface area contributed by atoms with Crippen molar-refractivity contribution < 1.29 is 4.57 Å². The lowest BCUT2D eigenvalue weighted by Gasteiger charge is -2.07. The van der Waals surface area contributed by atoms with Crippen molar-refractivity contribution in [2.75, 3.05) is 13.1 Å². The second-order valence-electron chi connectivity index (χ2n) is 1.73. The lowest BCUT2D eigenvalue weighted by molar-refractivity contribution is 0.571. The van der Waals surface area contributed by atoms with Crippen molar-refractivity contribution in [1.82, 2.24) is 10.2 Å². The van der Waals surface area contributed by atoms with Crippen LogP contribution in [0.3, 0.4) is 0 Å². The monoisotopic (exact) mass is 166 g/mol. The first kappa shape index (κ1) is 7.29. The lowest BCUT2D eigenvalue weighted by Crippen LogP contribution is -2.15.